The van der Waals surface area contributed by atoms with Gasteiger partial charge in [-0.2, -0.15) is 5.26 Å². The average Bonchev–Trinajstić information content (AvgIpc) is 0.768. The van der Waals surface area contributed by atoms with Gasteiger partial charge in [-0.1, -0.05) is 128 Å². The second-order valence-corrected chi connectivity index (χ2v) is 32.9. The fourth-order valence-corrected chi connectivity index (χ4v) is 16.1. The zero-order valence-corrected chi connectivity index (χ0v) is 74.3. The lowest BCUT2D eigenvalue weighted by Crippen LogP contribution is -2.41. The predicted molar refractivity (Wildman–Crippen MR) is 504 cm³/mol. The Kier molecular flexibility index (Phi) is 32.1. The van der Waals surface area contributed by atoms with Crippen LogP contribution in [0.3, 0.4) is 0 Å². The number of anilines is 10. The summed E-state index contributed by atoms with van der Waals surface area (Å²) in [5, 5.41) is 71.3. The number of hydrogen-bond acceptors (Lipinski definition) is 26. The van der Waals surface area contributed by atoms with Crippen molar-refractivity contribution >= 4 is 127 Å². The number of carbonyl (C=O) groups is 10. The normalized spacial score (nSPS) is 13.2. The van der Waals surface area contributed by atoms with Crippen molar-refractivity contribution in [3.63, 3.8) is 0 Å². The number of nitrogens with zero attached hydrogens (tertiary/aromatic N) is 3. The SMILES string of the molecule is CCC[N+](C)(C)CCCNc1ccc(NC)c2c1C(=O)c1ccccc1C2=O.CCNc1cc(C#N)c(N)c2c1C(=O)c1ccccc1C2=O.CNc1ccc(NCCCN)c2c1C(=O)c1ccccc1C2=O.Cc1cc(NCCC[N+](C)(C)C)c2c(c1N)C(=O)c1ccccc1C2=O.Cl.O=C1c2ccccc2C(=O)c2c(NCC(O)CO)ccc(NCC(O)CO)c21. The number of hydrogen-bond donors (Lipinski definition) is 15. The molecule has 15 rings (SSSR count). The summed E-state index contributed by atoms with van der Waals surface area (Å²) >= 11 is 0. The first-order valence-electron chi connectivity index (χ1n) is 42.3. The van der Waals surface area contributed by atoms with E-state index in [0.717, 1.165) is 78.6 Å². The molecule has 0 aromatic heterocycles. The van der Waals surface area contributed by atoms with Gasteiger partial charge in [0.1, 0.15) is 6.07 Å². The Bertz CT molecular complexity index is 5960. The summed E-state index contributed by atoms with van der Waals surface area (Å²) in [6.45, 7) is 11.6. The largest absolute Gasteiger partial charge is 0.398 e. The highest BCUT2D eigenvalue weighted by atomic mass is 35.5. The van der Waals surface area contributed by atoms with Crippen LogP contribution in [0, 0.1) is 18.3 Å². The Morgan fingerprint density at radius 2 is 0.641 bits per heavy atom. The minimum Gasteiger partial charge on any atom is -0.398 e. The molecule has 5 aliphatic rings. The molecule has 10 aromatic rings. The number of halogens is 1. The molecule has 666 valence electrons. The van der Waals surface area contributed by atoms with Crippen molar-refractivity contribution in [3.05, 3.63) is 292 Å². The van der Waals surface area contributed by atoms with Crippen LogP contribution in [0.4, 0.5) is 56.9 Å². The van der Waals surface area contributed by atoms with Gasteiger partial charge >= 0.3 is 0 Å². The summed E-state index contributed by atoms with van der Waals surface area (Å²) in [6, 6.07) is 50.1. The van der Waals surface area contributed by atoms with Gasteiger partial charge in [-0.05, 0) is 87.3 Å². The Labute approximate surface area is 750 Å². The molecular formula is C99H111ClN14O14+2. The van der Waals surface area contributed by atoms with Crippen LogP contribution in [-0.2, 0) is 0 Å². The van der Waals surface area contributed by atoms with Crippen molar-refractivity contribution in [1.29, 1.82) is 5.26 Å². The van der Waals surface area contributed by atoms with Gasteiger partial charge in [0.05, 0.1) is 147 Å². The number of rotatable bonds is 28. The van der Waals surface area contributed by atoms with Crippen molar-refractivity contribution in [2.24, 2.45) is 5.73 Å². The van der Waals surface area contributed by atoms with E-state index in [0.29, 0.717) is 154 Å². The van der Waals surface area contributed by atoms with Crippen LogP contribution < -0.4 is 59.7 Å². The summed E-state index contributed by atoms with van der Waals surface area (Å²) in [6.07, 6.45) is 1.87. The second-order valence-electron chi connectivity index (χ2n) is 32.9. The number of nitriles is 1. The molecule has 0 bridgehead atoms. The molecule has 0 saturated heterocycles. The maximum Gasteiger partial charge on any atom is 0.196 e. The number of quaternary nitrogens is 2. The minimum absolute atomic E-state index is 0. The van der Waals surface area contributed by atoms with Crippen molar-refractivity contribution < 1.29 is 77.3 Å². The number of aliphatic hydroxyl groups is 4. The maximum absolute atomic E-state index is 13.2. The number of fused-ring (bicyclic) bond motifs is 10. The zero-order chi connectivity index (χ0) is 91.9. The highest BCUT2D eigenvalue weighted by Crippen LogP contribution is 2.43. The molecule has 0 heterocycles. The molecule has 2 atom stereocenters. The van der Waals surface area contributed by atoms with Crippen molar-refractivity contribution in [2.75, 3.05) is 182 Å². The first-order chi connectivity index (χ1) is 60.8. The number of carbonyl (C=O) groups excluding carboxylic acids is 10. The van der Waals surface area contributed by atoms with E-state index in [1.165, 1.54) is 6.07 Å². The second kappa shape index (κ2) is 42.6. The van der Waals surface area contributed by atoms with Gasteiger partial charge in [0.2, 0.25) is 0 Å². The van der Waals surface area contributed by atoms with Crippen LogP contribution in [0.15, 0.2) is 170 Å². The van der Waals surface area contributed by atoms with Gasteiger partial charge in [-0.25, -0.2) is 0 Å². The maximum atomic E-state index is 13.2. The third-order valence-electron chi connectivity index (χ3n) is 22.5. The van der Waals surface area contributed by atoms with Crippen molar-refractivity contribution in [3.8, 4) is 6.07 Å². The molecule has 28 nitrogen and oxygen atoms in total. The van der Waals surface area contributed by atoms with Crippen molar-refractivity contribution in [2.45, 2.75) is 58.7 Å². The number of aryl methyl sites for hydroxylation is 1. The van der Waals surface area contributed by atoms with Crippen molar-refractivity contribution in [1.82, 2.24) is 0 Å². The minimum atomic E-state index is -1.02. The lowest BCUT2D eigenvalue weighted by Gasteiger charge is -2.29. The molecule has 0 aliphatic heterocycles. The highest BCUT2D eigenvalue weighted by molar-refractivity contribution is 6.36. The first kappa shape index (κ1) is 96.6. The Morgan fingerprint density at radius 1 is 0.367 bits per heavy atom. The molecule has 0 amide bonds. The third-order valence-corrected chi connectivity index (χ3v) is 22.5. The molecular weight excluding hydrogens is 1640 g/mol. The Balaban J connectivity index is 0.000000167. The molecule has 5 aliphatic carbocycles. The van der Waals surface area contributed by atoms with Gasteiger partial charge in [0.15, 0.2) is 57.8 Å². The Hall–Kier alpha value is -13.6. The van der Waals surface area contributed by atoms with Crippen LogP contribution in [0.25, 0.3) is 0 Å². The number of aliphatic hydroxyl groups excluding tert-OH is 4. The van der Waals surface area contributed by atoms with E-state index in [2.05, 4.69) is 84.7 Å². The van der Waals surface area contributed by atoms with Crippen LogP contribution >= 0.6 is 12.4 Å². The number of ketones is 10. The number of nitrogens with one attached hydrogen (secondary N) is 8. The molecule has 0 spiro atoms. The molecule has 10 aromatic carbocycles. The van der Waals surface area contributed by atoms with E-state index in [9.17, 15) is 63.4 Å². The monoisotopic (exact) mass is 1750 g/mol. The standard InChI is InChI=1S/C23H29N3O2.C21H25N3O2.C20H22N2O6.C18H19N3O2.C17H13N3O2.ClH/c1-5-14-26(3,4)15-8-13-25-19-12-11-18(24-2)20-21(19)23(28)17-10-7-6-9-16(17)22(20)27;1-13-12-16(23-10-7-11-24(2,3)4)17-18(19(13)22)21(26)15-9-6-5-8-14(15)20(17)25;23-9-11(25)7-21-15-5-6-16(22-8-12(26)10-24)18-17(15)19(27)13-3-1-2-4-14(13)20(18)28;1-20-13-7-8-14(21-10-4-9-19)16-15(13)17(22)11-5-2-3-6-12(11)18(16)23;1-2-20-12-7-9(8-18)15(19)14-13(12)16(21)10-5-3-4-6-11(10)17(14)22;/h6-7,9-12H,5,8,13-15H2,1-4H3,(H-,24,25,27,28);5-6,8-9,12H,7,10-11H2,1-4H3,(H2-,22,23,25,26);1-6,11-12,21-26H,7-10H2;2-3,5-8,20-21H,4,9-10,19H2,1H3;3-7,20H,2,19H2,1H3;1H/p+2. The summed E-state index contributed by atoms with van der Waals surface area (Å²) < 4.78 is 1.87. The highest BCUT2D eigenvalue weighted by Gasteiger charge is 2.40. The van der Waals surface area contributed by atoms with Crippen LogP contribution in [0.5, 0.6) is 0 Å². The number of nitrogens with two attached hydrogens (primary N) is 3. The van der Waals surface area contributed by atoms with E-state index >= 15 is 0 Å². The summed E-state index contributed by atoms with van der Waals surface area (Å²) in [5.41, 5.74) is 31.1. The average molecular weight is 1760 g/mol. The topological polar surface area (TPSA) is 450 Å². The van der Waals surface area contributed by atoms with Crippen LogP contribution in [0.1, 0.15) is 210 Å². The number of benzene rings is 10. The van der Waals surface area contributed by atoms with E-state index in [1.807, 2.05) is 50.2 Å². The smallest absolute Gasteiger partial charge is 0.196 e. The summed E-state index contributed by atoms with van der Waals surface area (Å²) in [4.78, 5) is 130. The predicted octanol–water partition coefficient (Wildman–Crippen LogP) is 11.7. The van der Waals surface area contributed by atoms with Gasteiger partial charge in [-0.15, -0.1) is 12.4 Å². The molecule has 128 heavy (non-hydrogen) atoms. The van der Waals surface area contributed by atoms with Gasteiger partial charge in [0, 0.05) is 173 Å². The fourth-order valence-electron chi connectivity index (χ4n) is 16.1. The van der Waals surface area contributed by atoms with E-state index in [-0.39, 0.29) is 117 Å². The first-order valence-corrected chi connectivity index (χ1v) is 42.3. The van der Waals surface area contributed by atoms with Gasteiger partial charge < -0.3 is 89.1 Å². The van der Waals surface area contributed by atoms with Crippen LogP contribution in [-0.4, -0.2) is 227 Å². The zero-order valence-electron chi connectivity index (χ0n) is 73.5. The molecule has 2 unspecified atom stereocenters. The molecule has 0 radical (unpaired) electrons. The molecule has 18 N–H and O–H groups in total. The van der Waals surface area contributed by atoms with E-state index < -0.39 is 25.4 Å². The quantitative estimate of drug-likeness (QED) is 0.0123. The van der Waals surface area contributed by atoms with Gasteiger partial charge in [-0.3, -0.25) is 47.9 Å². The molecule has 0 fully saturated rings. The van der Waals surface area contributed by atoms with Crippen LogP contribution in [0.2, 0.25) is 0 Å². The lowest BCUT2D eigenvalue weighted by atomic mass is 9.81. The summed E-state index contributed by atoms with van der Waals surface area (Å²) in [5.74, 6) is -2.00. The van der Waals surface area contributed by atoms with Gasteiger partial charge in [0.25, 0.3) is 0 Å². The summed E-state index contributed by atoms with van der Waals surface area (Å²) in [7, 11) is 14.4. The Morgan fingerprint density at radius 3 is 0.938 bits per heavy atom. The lowest BCUT2D eigenvalue weighted by molar-refractivity contribution is -0.890. The third kappa shape index (κ3) is 20.6. The molecule has 0 saturated carbocycles. The molecule has 29 heteroatoms. The number of nitrogen functional groups attached to an aromatic ring is 2. The fraction of sp³-hybridized carbons (Fsp3) is 0.283. The van der Waals surface area contributed by atoms with E-state index in [1.54, 1.807) is 148 Å². The van der Waals surface area contributed by atoms with E-state index in [4.69, 9.17) is 27.4 Å².